The van der Waals surface area contributed by atoms with Gasteiger partial charge in [0.25, 0.3) is 0 Å². The Hall–Kier alpha value is -2.53. The van der Waals surface area contributed by atoms with Gasteiger partial charge in [-0.05, 0) is 42.3 Å². The molecule has 2 aromatic rings. The van der Waals surface area contributed by atoms with Crippen molar-refractivity contribution in [1.82, 2.24) is 5.32 Å². The van der Waals surface area contributed by atoms with Crippen LogP contribution in [0, 0.1) is 0 Å². The summed E-state index contributed by atoms with van der Waals surface area (Å²) in [6.45, 7) is 0.784. The van der Waals surface area contributed by atoms with Gasteiger partial charge in [-0.25, -0.2) is 0 Å². The average molecular weight is 324 g/mol. The molecule has 5 heteroatoms. The van der Waals surface area contributed by atoms with Crippen molar-refractivity contribution in [2.75, 3.05) is 26.1 Å². The molecule has 2 aliphatic rings. The molecule has 0 radical (unpaired) electrons. The number of hydrogen-bond acceptors (Lipinski definition) is 4. The first-order chi connectivity index (χ1) is 11.7. The Morgan fingerprint density at radius 1 is 1.08 bits per heavy atom. The highest BCUT2D eigenvalue weighted by atomic mass is 16.5. The van der Waals surface area contributed by atoms with Gasteiger partial charge in [-0.1, -0.05) is 18.2 Å². The van der Waals surface area contributed by atoms with Crippen LogP contribution in [-0.4, -0.2) is 26.7 Å². The van der Waals surface area contributed by atoms with Crippen molar-refractivity contribution in [2.45, 2.75) is 17.9 Å². The maximum absolute atomic E-state index is 12.9. The van der Waals surface area contributed by atoms with Gasteiger partial charge in [-0.15, -0.1) is 0 Å². The number of para-hydroxylation sites is 1. The smallest absolute Gasteiger partial charge is 0.237 e. The molecule has 0 aliphatic carbocycles. The van der Waals surface area contributed by atoms with Gasteiger partial charge in [0.15, 0.2) is 0 Å². The summed E-state index contributed by atoms with van der Waals surface area (Å²) in [4.78, 5) is 12.9. The maximum atomic E-state index is 12.9. The lowest BCUT2D eigenvalue weighted by Crippen LogP contribution is -2.39. The Morgan fingerprint density at radius 3 is 2.50 bits per heavy atom. The Kier molecular flexibility index (Phi) is 3.46. The Labute approximate surface area is 141 Å². The van der Waals surface area contributed by atoms with E-state index in [4.69, 9.17) is 9.47 Å². The van der Waals surface area contributed by atoms with E-state index < -0.39 is 5.41 Å². The number of fused-ring (bicyclic) bond motifs is 2. The number of benzene rings is 2. The van der Waals surface area contributed by atoms with E-state index in [9.17, 15) is 4.79 Å². The van der Waals surface area contributed by atoms with Gasteiger partial charge in [0.05, 0.1) is 25.7 Å². The number of methoxy groups -OCH3 is 2. The van der Waals surface area contributed by atoms with E-state index in [1.54, 1.807) is 14.2 Å². The number of carbonyl (C=O) groups excluding carboxylic acids is 1. The molecule has 0 unspecified atom stereocenters. The van der Waals surface area contributed by atoms with Crippen LogP contribution in [0.5, 0.6) is 11.5 Å². The van der Waals surface area contributed by atoms with E-state index in [1.165, 1.54) is 0 Å². The normalized spacial score (nSPS) is 24.8. The van der Waals surface area contributed by atoms with E-state index in [0.717, 1.165) is 41.3 Å². The fourth-order valence-corrected chi connectivity index (χ4v) is 4.00. The van der Waals surface area contributed by atoms with Crippen molar-refractivity contribution in [3.05, 3.63) is 53.6 Å². The molecule has 1 saturated heterocycles. The predicted octanol–water partition coefficient (Wildman–Crippen LogP) is 2.63. The molecule has 2 aliphatic heterocycles. The van der Waals surface area contributed by atoms with Gasteiger partial charge in [-0.3, -0.25) is 4.79 Å². The van der Waals surface area contributed by atoms with Gasteiger partial charge in [0, 0.05) is 11.8 Å². The quantitative estimate of drug-likeness (QED) is 0.911. The first-order valence-corrected chi connectivity index (χ1v) is 8.06. The van der Waals surface area contributed by atoms with Gasteiger partial charge >= 0.3 is 0 Å². The second-order valence-corrected chi connectivity index (χ2v) is 6.25. The third-order valence-corrected chi connectivity index (χ3v) is 5.13. The Morgan fingerprint density at radius 2 is 1.79 bits per heavy atom. The lowest BCUT2D eigenvalue weighted by molar-refractivity contribution is -0.121. The van der Waals surface area contributed by atoms with Crippen LogP contribution in [0.1, 0.15) is 23.6 Å². The van der Waals surface area contributed by atoms with Gasteiger partial charge < -0.3 is 20.1 Å². The largest absolute Gasteiger partial charge is 0.497 e. The second kappa shape index (κ2) is 5.53. The first-order valence-electron chi connectivity index (χ1n) is 8.06. The molecule has 1 amide bonds. The molecular weight excluding hydrogens is 304 g/mol. The predicted molar refractivity (Wildman–Crippen MR) is 91.7 cm³/mol. The number of anilines is 1. The van der Waals surface area contributed by atoms with Crippen LogP contribution in [0.4, 0.5) is 5.69 Å². The van der Waals surface area contributed by atoms with Crippen molar-refractivity contribution in [2.24, 2.45) is 0 Å². The zero-order chi connectivity index (χ0) is 16.7. The van der Waals surface area contributed by atoms with Crippen molar-refractivity contribution in [3.63, 3.8) is 0 Å². The third kappa shape index (κ3) is 2.01. The summed E-state index contributed by atoms with van der Waals surface area (Å²) in [7, 11) is 3.27. The first kappa shape index (κ1) is 15.0. The molecule has 2 heterocycles. The van der Waals surface area contributed by atoms with Crippen molar-refractivity contribution < 1.29 is 14.3 Å². The molecule has 2 aromatic carbocycles. The maximum Gasteiger partial charge on any atom is 0.237 e. The summed E-state index contributed by atoms with van der Waals surface area (Å²) in [5.74, 6) is 1.50. The minimum Gasteiger partial charge on any atom is -0.497 e. The van der Waals surface area contributed by atoms with E-state index in [0.29, 0.717) is 0 Å². The molecule has 4 rings (SSSR count). The van der Waals surface area contributed by atoms with E-state index in [-0.39, 0.29) is 11.9 Å². The lowest BCUT2D eigenvalue weighted by Gasteiger charge is -2.30. The standard InChI is InChI=1S/C19H20N2O3/c1-23-13-9-12(10-14(11-13)24-2)17-19(7-8-20-17)15-5-3-4-6-16(15)21-18(19)22/h3-6,9-11,17,20H,7-8H2,1-2H3,(H,21,22)/t17-,19-/m1/s1. The van der Waals surface area contributed by atoms with E-state index >= 15 is 0 Å². The molecule has 5 nitrogen and oxygen atoms in total. The summed E-state index contributed by atoms with van der Waals surface area (Å²) >= 11 is 0. The third-order valence-electron chi connectivity index (χ3n) is 5.13. The molecule has 124 valence electrons. The zero-order valence-corrected chi connectivity index (χ0v) is 13.8. The molecule has 0 saturated carbocycles. The van der Waals surface area contributed by atoms with Crippen LogP contribution in [0.2, 0.25) is 0 Å². The van der Waals surface area contributed by atoms with E-state index in [1.807, 2.05) is 42.5 Å². The number of amides is 1. The monoisotopic (exact) mass is 324 g/mol. The summed E-state index contributed by atoms with van der Waals surface area (Å²) in [6, 6.07) is 13.6. The molecule has 0 bridgehead atoms. The van der Waals surface area contributed by atoms with Crippen LogP contribution < -0.4 is 20.1 Å². The zero-order valence-electron chi connectivity index (χ0n) is 13.8. The highest BCUT2D eigenvalue weighted by Gasteiger charge is 2.55. The highest BCUT2D eigenvalue weighted by molar-refractivity contribution is 6.07. The summed E-state index contributed by atoms with van der Waals surface area (Å²) < 4.78 is 10.8. The Bertz CT molecular complexity index is 783. The molecular formula is C19H20N2O3. The number of ether oxygens (including phenoxy) is 2. The number of hydrogen-bond donors (Lipinski definition) is 2. The molecule has 24 heavy (non-hydrogen) atoms. The SMILES string of the molecule is COc1cc(OC)cc([C@H]2NCC[C@]23C(=O)Nc2ccccc23)c1. The topological polar surface area (TPSA) is 59.6 Å². The summed E-state index contributed by atoms with van der Waals surface area (Å²) in [5.41, 5.74) is 2.38. The average Bonchev–Trinajstić information content (AvgIpc) is 3.18. The van der Waals surface area contributed by atoms with Gasteiger partial charge in [-0.2, -0.15) is 0 Å². The fourth-order valence-electron chi connectivity index (χ4n) is 4.00. The van der Waals surface area contributed by atoms with Crippen LogP contribution >= 0.6 is 0 Å². The van der Waals surface area contributed by atoms with Gasteiger partial charge in [0.2, 0.25) is 5.91 Å². The van der Waals surface area contributed by atoms with Crippen LogP contribution in [0.15, 0.2) is 42.5 Å². The number of nitrogens with one attached hydrogen (secondary N) is 2. The summed E-state index contributed by atoms with van der Waals surface area (Å²) in [6.07, 6.45) is 0.764. The molecule has 1 spiro atoms. The lowest BCUT2D eigenvalue weighted by atomic mass is 9.73. The van der Waals surface area contributed by atoms with Crippen LogP contribution in [0.25, 0.3) is 0 Å². The van der Waals surface area contributed by atoms with Crippen molar-refractivity contribution >= 4 is 11.6 Å². The number of rotatable bonds is 3. The minimum atomic E-state index is -0.589. The van der Waals surface area contributed by atoms with E-state index in [2.05, 4.69) is 10.6 Å². The van der Waals surface area contributed by atoms with Crippen LogP contribution in [-0.2, 0) is 10.2 Å². The van der Waals surface area contributed by atoms with Crippen molar-refractivity contribution in [3.8, 4) is 11.5 Å². The van der Waals surface area contributed by atoms with Crippen LogP contribution in [0.3, 0.4) is 0 Å². The molecule has 2 N–H and O–H groups in total. The minimum absolute atomic E-state index is 0.0560. The molecule has 1 fully saturated rings. The number of carbonyl (C=O) groups is 1. The molecule has 0 aromatic heterocycles. The highest BCUT2D eigenvalue weighted by Crippen LogP contribution is 2.51. The molecule has 2 atom stereocenters. The fraction of sp³-hybridized carbons (Fsp3) is 0.316. The Balaban J connectivity index is 1.86. The second-order valence-electron chi connectivity index (χ2n) is 6.25. The summed E-state index contributed by atoms with van der Waals surface area (Å²) in [5, 5.41) is 6.55. The van der Waals surface area contributed by atoms with Gasteiger partial charge in [0.1, 0.15) is 11.5 Å². The van der Waals surface area contributed by atoms with Crippen molar-refractivity contribution in [1.29, 1.82) is 0 Å².